The van der Waals surface area contributed by atoms with Crippen molar-refractivity contribution in [3.8, 4) is 0 Å². The molecular formula is C20H25FN2O3S2. The molecular weight excluding hydrogens is 399 g/mol. The van der Waals surface area contributed by atoms with Crippen LogP contribution >= 0.6 is 11.8 Å². The van der Waals surface area contributed by atoms with E-state index in [9.17, 15) is 17.6 Å². The van der Waals surface area contributed by atoms with Crippen LogP contribution in [0.5, 0.6) is 0 Å². The summed E-state index contributed by atoms with van der Waals surface area (Å²) in [5.74, 6) is 0.354. The van der Waals surface area contributed by atoms with Crippen LogP contribution in [0.25, 0.3) is 0 Å². The number of hydrogen-bond donors (Lipinski definition) is 1. The molecule has 0 unspecified atom stereocenters. The lowest BCUT2D eigenvalue weighted by atomic mass is 10.2. The highest BCUT2D eigenvalue weighted by Crippen LogP contribution is 2.24. The Morgan fingerprint density at radius 1 is 1.18 bits per heavy atom. The van der Waals surface area contributed by atoms with E-state index in [-0.39, 0.29) is 5.69 Å². The lowest BCUT2D eigenvalue weighted by Crippen LogP contribution is -2.48. The Morgan fingerprint density at radius 2 is 1.82 bits per heavy atom. The monoisotopic (exact) mass is 424 g/mol. The van der Waals surface area contributed by atoms with Crippen molar-refractivity contribution in [2.24, 2.45) is 0 Å². The summed E-state index contributed by atoms with van der Waals surface area (Å²) in [5, 5.41) is 2.73. The number of halogens is 1. The number of thioether (sulfide) groups is 1. The summed E-state index contributed by atoms with van der Waals surface area (Å²) in [4.78, 5) is 12.4. The summed E-state index contributed by atoms with van der Waals surface area (Å²) in [7, 11) is -3.83. The van der Waals surface area contributed by atoms with Gasteiger partial charge >= 0.3 is 0 Å². The number of aryl methyl sites for hydroxylation is 1. The number of carbonyl (C=O) groups is 1. The zero-order chi connectivity index (χ0) is 20.7. The minimum absolute atomic E-state index is 0.138. The Labute approximate surface area is 170 Å². The van der Waals surface area contributed by atoms with Crippen molar-refractivity contribution < 1.29 is 17.6 Å². The molecule has 1 atom stereocenters. The molecule has 5 nitrogen and oxygen atoms in total. The van der Waals surface area contributed by atoms with Crippen LogP contribution in [-0.2, 0) is 20.6 Å². The van der Waals surface area contributed by atoms with E-state index in [0.717, 1.165) is 16.3 Å². The van der Waals surface area contributed by atoms with Crippen LogP contribution < -0.4 is 9.62 Å². The van der Waals surface area contributed by atoms with Gasteiger partial charge < -0.3 is 5.32 Å². The van der Waals surface area contributed by atoms with Gasteiger partial charge in [0.1, 0.15) is 11.9 Å². The molecule has 28 heavy (non-hydrogen) atoms. The summed E-state index contributed by atoms with van der Waals surface area (Å²) >= 11 is 1.67. The summed E-state index contributed by atoms with van der Waals surface area (Å²) in [6, 6.07) is 12.7. The van der Waals surface area contributed by atoms with Crippen molar-refractivity contribution >= 4 is 33.4 Å². The molecule has 2 aromatic carbocycles. The molecule has 2 rings (SSSR count). The first kappa shape index (κ1) is 22.2. The van der Waals surface area contributed by atoms with E-state index >= 15 is 0 Å². The van der Waals surface area contributed by atoms with Gasteiger partial charge in [-0.3, -0.25) is 9.10 Å². The van der Waals surface area contributed by atoms with E-state index in [4.69, 9.17) is 0 Å². The van der Waals surface area contributed by atoms with Crippen LogP contribution in [0.2, 0.25) is 0 Å². The fraction of sp³-hybridized carbons (Fsp3) is 0.350. The fourth-order valence-electron chi connectivity index (χ4n) is 2.68. The van der Waals surface area contributed by atoms with Gasteiger partial charge in [-0.25, -0.2) is 12.8 Å². The number of benzene rings is 2. The number of sulfonamides is 1. The molecule has 0 aliphatic carbocycles. The van der Waals surface area contributed by atoms with E-state index in [1.165, 1.54) is 42.3 Å². The number of hydrogen-bond acceptors (Lipinski definition) is 4. The molecule has 0 heterocycles. The van der Waals surface area contributed by atoms with Crippen molar-refractivity contribution in [3.05, 3.63) is 65.5 Å². The van der Waals surface area contributed by atoms with Gasteiger partial charge in [-0.1, -0.05) is 42.0 Å². The van der Waals surface area contributed by atoms with Crippen molar-refractivity contribution in [1.29, 1.82) is 0 Å². The predicted octanol–water partition coefficient (Wildman–Crippen LogP) is 3.34. The van der Waals surface area contributed by atoms with Crippen molar-refractivity contribution in [2.45, 2.75) is 25.6 Å². The third-order valence-electron chi connectivity index (χ3n) is 4.11. The Morgan fingerprint density at radius 3 is 2.43 bits per heavy atom. The van der Waals surface area contributed by atoms with Gasteiger partial charge in [-0.15, -0.1) is 0 Å². The first-order valence-corrected chi connectivity index (χ1v) is 11.9. The second-order valence-corrected chi connectivity index (χ2v) is 9.48. The van der Waals surface area contributed by atoms with E-state index in [2.05, 4.69) is 29.6 Å². The molecule has 1 N–H and O–H groups in total. The van der Waals surface area contributed by atoms with Crippen LogP contribution in [0.15, 0.2) is 48.5 Å². The number of para-hydroxylation sites is 1. The number of amides is 1. The Balaban J connectivity index is 1.90. The molecule has 0 aliphatic heterocycles. The fourth-order valence-corrected chi connectivity index (χ4v) is 4.67. The minimum atomic E-state index is -3.83. The largest absolute Gasteiger partial charge is 0.353 e. The Bertz CT molecular complexity index is 902. The third-order valence-corrected chi connectivity index (χ3v) is 6.37. The predicted molar refractivity (Wildman–Crippen MR) is 114 cm³/mol. The minimum Gasteiger partial charge on any atom is -0.353 e. The third kappa shape index (κ3) is 6.24. The molecule has 0 radical (unpaired) electrons. The number of carbonyl (C=O) groups excluding carboxylic acids is 1. The highest BCUT2D eigenvalue weighted by Gasteiger charge is 2.30. The van der Waals surface area contributed by atoms with Crippen LogP contribution in [0.1, 0.15) is 18.1 Å². The summed E-state index contributed by atoms with van der Waals surface area (Å²) in [6.45, 7) is 3.88. The lowest BCUT2D eigenvalue weighted by Gasteiger charge is -2.28. The quantitative estimate of drug-likeness (QED) is 0.627. The van der Waals surface area contributed by atoms with Gasteiger partial charge in [0, 0.05) is 18.1 Å². The van der Waals surface area contributed by atoms with E-state index in [1.54, 1.807) is 11.8 Å². The second-order valence-electron chi connectivity index (χ2n) is 6.52. The van der Waals surface area contributed by atoms with Crippen LogP contribution in [0.4, 0.5) is 10.1 Å². The van der Waals surface area contributed by atoms with Gasteiger partial charge in [0.05, 0.1) is 11.9 Å². The van der Waals surface area contributed by atoms with Gasteiger partial charge in [0.15, 0.2) is 0 Å². The van der Waals surface area contributed by atoms with Gasteiger partial charge in [0.2, 0.25) is 15.9 Å². The van der Waals surface area contributed by atoms with Gasteiger partial charge in [-0.2, -0.15) is 11.8 Å². The van der Waals surface area contributed by atoms with Crippen molar-refractivity contribution in [2.75, 3.05) is 22.9 Å². The number of nitrogens with zero attached hydrogens (tertiary/aromatic N) is 1. The number of anilines is 1. The topological polar surface area (TPSA) is 66.5 Å². The molecule has 0 aromatic heterocycles. The standard InChI is InChI=1S/C20H25FN2O3S2/c1-15-8-10-17(11-9-15)14-27-13-12-22-20(24)16(2)23(28(3,25)26)19-7-5-4-6-18(19)21/h4-11,16H,12-14H2,1-3H3,(H,22,24)/t16-/m1/s1. The zero-order valence-corrected chi connectivity index (χ0v) is 17.8. The maximum atomic E-state index is 14.1. The first-order valence-electron chi connectivity index (χ1n) is 8.85. The highest BCUT2D eigenvalue weighted by atomic mass is 32.2. The first-order chi connectivity index (χ1) is 13.2. The molecule has 0 fully saturated rings. The summed E-state index contributed by atoms with van der Waals surface area (Å²) in [5.41, 5.74) is 2.28. The molecule has 0 aliphatic rings. The number of rotatable bonds is 9. The van der Waals surface area contributed by atoms with Crippen molar-refractivity contribution in [3.63, 3.8) is 0 Å². The van der Waals surface area contributed by atoms with Crippen molar-refractivity contribution in [1.82, 2.24) is 5.32 Å². The average Bonchev–Trinajstić information content (AvgIpc) is 2.63. The average molecular weight is 425 g/mol. The van der Waals surface area contributed by atoms with E-state index in [1.807, 2.05) is 6.92 Å². The van der Waals surface area contributed by atoms with Crippen LogP contribution in [0.3, 0.4) is 0 Å². The smallest absolute Gasteiger partial charge is 0.243 e. The maximum absolute atomic E-state index is 14.1. The molecule has 0 spiro atoms. The maximum Gasteiger partial charge on any atom is 0.243 e. The van der Waals surface area contributed by atoms with Gasteiger partial charge in [0.25, 0.3) is 0 Å². The number of nitrogens with one attached hydrogen (secondary N) is 1. The molecule has 1 amide bonds. The molecule has 152 valence electrons. The molecule has 0 saturated carbocycles. The summed E-state index contributed by atoms with van der Waals surface area (Å²) < 4.78 is 39.2. The zero-order valence-electron chi connectivity index (χ0n) is 16.2. The van der Waals surface area contributed by atoms with Crippen LogP contribution in [0, 0.1) is 12.7 Å². The Kier molecular flexibility index (Phi) is 7.88. The lowest BCUT2D eigenvalue weighted by molar-refractivity contribution is -0.121. The molecule has 2 aromatic rings. The highest BCUT2D eigenvalue weighted by molar-refractivity contribution is 7.98. The molecule has 0 saturated heterocycles. The van der Waals surface area contributed by atoms with E-state index < -0.39 is 27.8 Å². The van der Waals surface area contributed by atoms with Crippen LogP contribution in [-0.4, -0.2) is 38.9 Å². The normalized spacial score (nSPS) is 12.4. The SMILES string of the molecule is Cc1ccc(CSCCNC(=O)[C@@H](C)N(c2ccccc2F)S(C)(=O)=O)cc1. The molecule has 8 heteroatoms. The second kappa shape index (κ2) is 9.93. The Hall–Kier alpha value is -2.06. The van der Waals surface area contributed by atoms with Gasteiger partial charge in [-0.05, 0) is 31.5 Å². The molecule has 0 bridgehead atoms. The summed E-state index contributed by atoms with van der Waals surface area (Å²) in [6.07, 6.45) is 0.959. The van der Waals surface area contributed by atoms with E-state index in [0.29, 0.717) is 12.3 Å².